The highest BCUT2D eigenvalue weighted by atomic mass is 14.4. The van der Waals surface area contributed by atoms with Crippen molar-refractivity contribution in [2.24, 2.45) is 47.3 Å². The van der Waals surface area contributed by atoms with Crippen LogP contribution in [0.4, 0.5) is 0 Å². The first-order chi connectivity index (χ1) is 16.2. The minimum Gasteiger partial charge on any atom is -0.0651 e. The van der Waals surface area contributed by atoms with Crippen molar-refractivity contribution in [3.05, 3.63) is 0 Å². The molecule has 0 aliphatic heterocycles. The van der Waals surface area contributed by atoms with Crippen LogP contribution in [0.5, 0.6) is 0 Å². The smallest absolute Gasteiger partial charge is 0.0381 e. The van der Waals surface area contributed by atoms with Crippen LogP contribution in [0.2, 0.25) is 0 Å². The zero-order chi connectivity index (χ0) is 22.9. The van der Waals surface area contributed by atoms with Crippen LogP contribution in [-0.2, 0) is 0 Å². The molecule has 33 heavy (non-hydrogen) atoms. The van der Waals surface area contributed by atoms with Crippen molar-refractivity contribution in [2.75, 3.05) is 0 Å². The predicted octanol–water partition coefficient (Wildman–Crippen LogP) is 11.0. The summed E-state index contributed by atoms with van der Waals surface area (Å²) in [6.07, 6.45) is 35.6. The Morgan fingerprint density at radius 2 is 0.818 bits per heavy atom. The second-order valence-corrected chi connectivity index (χ2v) is 13.7. The van der Waals surface area contributed by atoms with Gasteiger partial charge in [-0.15, -0.1) is 0 Å². The Labute approximate surface area is 208 Å². The molecule has 0 bridgehead atoms. The molecule has 4 rings (SSSR count). The summed E-state index contributed by atoms with van der Waals surface area (Å²) in [4.78, 5) is 0. The first-order valence-electron chi connectivity index (χ1n) is 16.2. The van der Waals surface area contributed by atoms with Gasteiger partial charge in [0.1, 0.15) is 0 Å². The SMILES string of the molecule is CCC1CCCCC2CCC(C3CCCCC3)CC(C3CCCCC3)CC(C)CC2CCC1. The highest BCUT2D eigenvalue weighted by molar-refractivity contribution is 4.86. The van der Waals surface area contributed by atoms with Crippen molar-refractivity contribution in [3.8, 4) is 0 Å². The third-order valence-electron chi connectivity index (χ3n) is 11.4. The van der Waals surface area contributed by atoms with E-state index in [9.17, 15) is 0 Å². The van der Waals surface area contributed by atoms with Gasteiger partial charge in [0.25, 0.3) is 0 Å². The van der Waals surface area contributed by atoms with Crippen molar-refractivity contribution < 1.29 is 0 Å². The van der Waals surface area contributed by atoms with Gasteiger partial charge in [0.15, 0.2) is 0 Å². The average Bonchev–Trinajstić information content (AvgIpc) is 2.86. The number of fused-ring (bicyclic) bond motifs is 1. The van der Waals surface area contributed by atoms with Crippen molar-refractivity contribution in [1.82, 2.24) is 0 Å². The van der Waals surface area contributed by atoms with E-state index in [0.29, 0.717) is 0 Å². The molecule has 0 heterocycles. The fourth-order valence-electron chi connectivity index (χ4n) is 9.41. The molecule has 0 aromatic heterocycles. The molecule has 0 nitrogen and oxygen atoms in total. The van der Waals surface area contributed by atoms with E-state index >= 15 is 0 Å². The lowest BCUT2D eigenvalue weighted by Gasteiger charge is -2.41. The van der Waals surface area contributed by atoms with Crippen LogP contribution in [-0.4, -0.2) is 0 Å². The van der Waals surface area contributed by atoms with Crippen molar-refractivity contribution >= 4 is 0 Å². The molecule has 0 spiro atoms. The van der Waals surface area contributed by atoms with Gasteiger partial charge >= 0.3 is 0 Å². The van der Waals surface area contributed by atoms with Crippen molar-refractivity contribution in [1.29, 1.82) is 0 Å². The van der Waals surface area contributed by atoms with Crippen molar-refractivity contribution in [2.45, 2.75) is 162 Å². The number of hydrogen-bond donors (Lipinski definition) is 0. The monoisotopic (exact) mass is 456 g/mol. The summed E-state index contributed by atoms with van der Waals surface area (Å²) in [5.41, 5.74) is 0. The van der Waals surface area contributed by atoms with Gasteiger partial charge in [-0.2, -0.15) is 0 Å². The summed E-state index contributed by atoms with van der Waals surface area (Å²) in [7, 11) is 0. The topological polar surface area (TPSA) is 0 Å². The van der Waals surface area contributed by atoms with Crippen LogP contribution >= 0.6 is 0 Å². The zero-order valence-corrected chi connectivity index (χ0v) is 22.9. The maximum absolute atomic E-state index is 2.68. The van der Waals surface area contributed by atoms with Crippen LogP contribution in [0, 0.1) is 47.3 Å². The second-order valence-electron chi connectivity index (χ2n) is 13.7. The van der Waals surface area contributed by atoms with Gasteiger partial charge in [0.05, 0.1) is 0 Å². The predicted molar refractivity (Wildman–Crippen MR) is 145 cm³/mol. The normalized spacial score (nSPS) is 39.5. The molecule has 0 heteroatoms. The Bertz CT molecular complexity index is 510. The number of hydrogen-bond acceptors (Lipinski definition) is 0. The molecule has 192 valence electrons. The first-order valence-corrected chi connectivity index (χ1v) is 16.2. The third kappa shape index (κ3) is 8.00. The molecular formula is C33H60. The zero-order valence-electron chi connectivity index (χ0n) is 22.9. The van der Waals surface area contributed by atoms with E-state index in [1.165, 1.54) is 77.0 Å². The summed E-state index contributed by atoms with van der Waals surface area (Å²) in [5.74, 6) is 8.41. The average molecular weight is 457 g/mol. The van der Waals surface area contributed by atoms with Crippen LogP contribution in [0.3, 0.4) is 0 Å². The molecule has 0 aromatic carbocycles. The van der Waals surface area contributed by atoms with E-state index in [4.69, 9.17) is 0 Å². The van der Waals surface area contributed by atoms with E-state index in [1.807, 2.05) is 0 Å². The van der Waals surface area contributed by atoms with Gasteiger partial charge < -0.3 is 0 Å². The second kappa shape index (κ2) is 13.9. The largest absolute Gasteiger partial charge is 0.0651 e. The Hall–Kier alpha value is 0. The molecule has 0 amide bonds. The Balaban J connectivity index is 1.48. The van der Waals surface area contributed by atoms with E-state index in [-0.39, 0.29) is 0 Å². The van der Waals surface area contributed by atoms with E-state index in [2.05, 4.69) is 13.8 Å². The fourth-order valence-corrected chi connectivity index (χ4v) is 9.41. The minimum absolute atomic E-state index is 0.972. The summed E-state index contributed by atoms with van der Waals surface area (Å²) in [6.45, 7) is 5.12. The quantitative estimate of drug-likeness (QED) is 0.396. The molecule has 0 N–H and O–H groups in total. The fraction of sp³-hybridized carbons (Fsp3) is 1.00. The van der Waals surface area contributed by atoms with Gasteiger partial charge in [-0.25, -0.2) is 0 Å². The highest BCUT2D eigenvalue weighted by Gasteiger charge is 2.35. The molecule has 6 atom stereocenters. The third-order valence-corrected chi connectivity index (χ3v) is 11.4. The molecule has 0 saturated heterocycles. The molecular weight excluding hydrogens is 396 g/mol. The van der Waals surface area contributed by atoms with Crippen LogP contribution in [0.15, 0.2) is 0 Å². The van der Waals surface area contributed by atoms with Crippen LogP contribution in [0.1, 0.15) is 162 Å². The van der Waals surface area contributed by atoms with Gasteiger partial charge in [-0.1, -0.05) is 129 Å². The summed E-state index contributed by atoms with van der Waals surface area (Å²) in [6, 6.07) is 0. The van der Waals surface area contributed by atoms with Crippen molar-refractivity contribution in [3.63, 3.8) is 0 Å². The summed E-state index contributed by atoms with van der Waals surface area (Å²) in [5, 5.41) is 0. The van der Waals surface area contributed by atoms with Gasteiger partial charge in [0.2, 0.25) is 0 Å². The molecule has 4 saturated carbocycles. The van der Waals surface area contributed by atoms with Crippen LogP contribution in [0.25, 0.3) is 0 Å². The summed E-state index contributed by atoms with van der Waals surface area (Å²) < 4.78 is 0. The van der Waals surface area contributed by atoms with E-state index < -0.39 is 0 Å². The number of rotatable bonds is 3. The Morgan fingerprint density at radius 3 is 1.48 bits per heavy atom. The molecule has 4 aliphatic carbocycles. The maximum Gasteiger partial charge on any atom is -0.0381 e. The van der Waals surface area contributed by atoms with E-state index in [1.54, 1.807) is 70.6 Å². The lowest BCUT2D eigenvalue weighted by Crippen LogP contribution is -2.30. The van der Waals surface area contributed by atoms with E-state index in [0.717, 1.165) is 47.3 Å². The van der Waals surface area contributed by atoms with Gasteiger partial charge in [-0.05, 0) is 79.4 Å². The standard InChI is InChI=1S/C33H60/c1-3-27-13-10-11-19-30-21-22-32(28-15-6-4-7-16-28)25-33(29-17-8-5-9-18-29)24-26(2)23-31(30)20-12-14-27/h26-33H,3-25H2,1-2H3. The first kappa shape index (κ1) is 26.1. The minimum atomic E-state index is 0.972. The maximum atomic E-state index is 2.68. The van der Waals surface area contributed by atoms with Crippen LogP contribution < -0.4 is 0 Å². The van der Waals surface area contributed by atoms with Gasteiger partial charge in [-0.3, -0.25) is 0 Å². The summed E-state index contributed by atoms with van der Waals surface area (Å²) >= 11 is 0. The molecule has 4 aliphatic rings. The molecule has 4 fully saturated rings. The highest BCUT2D eigenvalue weighted by Crippen LogP contribution is 2.46. The Morgan fingerprint density at radius 1 is 0.394 bits per heavy atom. The Kier molecular flexibility index (Phi) is 11.0. The lowest BCUT2D eigenvalue weighted by molar-refractivity contribution is 0.0990. The lowest BCUT2D eigenvalue weighted by atomic mass is 9.64. The molecule has 0 aromatic rings. The van der Waals surface area contributed by atoms with Gasteiger partial charge in [0, 0.05) is 0 Å². The molecule has 0 radical (unpaired) electrons. The molecule has 6 unspecified atom stereocenters.